The molecule has 9 heteroatoms. The SMILES string of the molecule is CC(=Nc1nc(NC/C(O)=C/C(=[N-])C2CCCCC2)ncc1Br)NNC(C)C1CC1. The molecule has 30 heavy (non-hydrogen) atoms. The summed E-state index contributed by atoms with van der Waals surface area (Å²) in [6, 6.07) is 0.401. The number of halogens is 1. The topological polar surface area (TPSA) is 117 Å². The van der Waals surface area contributed by atoms with Crippen molar-refractivity contribution >= 4 is 39.2 Å². The van der Waals surface area contributed by atoms with E-state index in [2.05, 4.69) is 54.0 Å². The zero-order valence-electron chi connectivity index (χ0n) is 17.7. The van der Waals surface area contributed by atoms with Gasteiger partial charge in [-0.3, -0.25) is 0 Å². The largest absolute Gasteiger partial charge is 0.807 e. The van der Waals surface area contributed by atoms with Crippen LogP contribution in [0.4, 0.5) is 11.8 Å². The molecule has 2 fully saturated rings. The lowest BCUT2D eigenvalue weighted by Gasteiger charge is -2.26. The molecule has 0 aliphatic heterocycles. The first-order valence-corrected chi connectivity index (χ1v) is 11.5. The molecule has 0 spiro atoms. The lowest BCUT2D eigenvalue weighted by atomic mass is 9.85. The smallest absolute Gasteiger partial charge is 0.225 e. The summed E-state index contributed by atoms with van der Waals surface area (Å²) in [5.74, 6) is 2.47. The molecule has 1 aromatic rings. The minimum absolute atomic E-state index is 0.0470. The number of rotatable bonds is 9. The first-order chi connectivity index (χ1) is 14.4. The molecule has 0 radical (unpaired) electrons. The highest BCUT2D eigenvalue weighted by atomic mass is 79.9. The van der Waals surface area contributed by atoms with E-state index < -0.39 is 0 Å². The highest BCUT2D eigenvalue weighted by molar-refractivity contribution is 9.10. The third kappa shape index (κ3) is 7.05. The molecule has 1 heterocycles. The molecule has 8 nitrogen and oxygen atoms in total. The zero-order chi connectivity index (χ0) is 21.5. The van der Waals surface area contributed by atoms with Crippen molar-refractivity contribution in [3.63, 3.8) is 0 Å². The first-order valence-electron chi connectivity index (χ1n) is 10.7. The molecule has 3 rings (SSSR count). The predicted molar refractivity (Wildman–Crippen MR) is 125 cm³/mol. The second-order valence-electron chi connectivity index (χ2n) is 8.21. The van der Waals surface area contributed by atoms with Gasteiger partial charge in [0.25, 0.3) is 0 Å². The predicted octanol–water partition coefficient (Wildman–Crippen LogP) is 4.63. The summed E-state index contributed by atoms with van der Waals surface area (Å²) in [4.78, 5) is 13.1. The van der Waals surface area contributed by atoms with E-state index >= 15 is 0 Å². The Bertz CT molecular complexity index is 801. The summed E-state index contributed by atoms with van der Waals surface area (Å²) in [6.45, 7) is 4.15. The molecular weight excluding hydrogens is 446 g/mol. The molecule has 2 aliphatic carbocycles. The number of aliphatic hydroxyl groups is 1. The van der Waals surface area contributed by atoms with Gasteiger partial charge in [0.2, 0.25) is 5.95 Å². The van der Waals surface area contributed by atoms with E-state index in [1.54, 1.807) is 6.20 Å². The molecule has 2 saturated carbocycles. The maximum absolute atomic E-state index is 10.2. The minimum atomic E-state index is 0.0470. The molecule has 0 bridgehead atoms. The van der Waals surface area contributed by atoms with Crippen LogP contribution in [-0.2, 0) is 0 Å². The van der Waals surface area contributed by atoms with Gasteiger partial charge in [0.15, 0.2) is 5.82 Å². The van der Waals surface area contributed by atoms with Crippen LogP contribution in [0.3, 0.4) is 0 Å². The van der Waals surface area contributed by atoms with Crippen molar-refractivity contribution in [3.8, 4) is 0 Å². The molecular formula is C21H31BrN7O-. The van der Waals surface area contributed by atoms with Crippen LogP contribution < -0.4 is 16.2 Å². The van der Waals surface area contributed by atoms with Crippen molar-refractivity contribution in [2.45, 2.75) is 64.8 Å². The Kier molecular flexibility index (Phi) is 8.21. The fourth-order valence-electron chi connectivity index (χ4n) is 3.55. The van der Waals surface area contributed by atoms with Gasteiger partial charge in [-0.2, -0.15) is 10.7 Å². The number of anilines is 1. The van der Waals surface area contributed by atoms with Gasteiger partial charge in [-0.25, -0.2) is 15.4 Å². The number of aliphatic imine (C=N–C) groups is 1. The van der Waals surface area contributed by atoms with Crippen molar-refractivity contribution in [1.82, 2.24) is 20.8 Å². The summed E-state index contributed by atoms with van der Waals surface area (Å²) in [7, 11) is 0. The van der Waals surface area contributed by atoms with Crippen LogP contribution in [-0.4, -0.2) is 39.2 Å². The average molecular weight is 477 g/mol. The van der Waals surface area contributed by atoms with Crippen LogP contribution >= 0.6 is 15.9 Å². The Morgan fingerprint density at radius 1 is 1.33 bits per heavy atom. The number of aliphatic hydroxyl groups excluding tert-OH is 1. The maximum atomic E-state index is 10.2. The molecule has 164 valence electrons. The first kappa shape index (κ1) is 22.7. The summed E-state index contributed by atoms with van der Waals surface area (Å²) in [6.07, 6.45) is 11.0. The number of aromatic nitrogens is 2. The van der Waals surface area contributed by atoms with E-state index in [1.807, 2.05) is 6.92 Å². The number of nitrogens with zero attached hydrogens (tertiary/aromatic N) is 4. The van der Waals surface area contributed by atoms with Crippen LogP contribution in [0.25, 0.3) is 5.41 Å². The Labute approximate surface area is 186 Å². The maximum Gasteiger partial charge on any atom is 0.225 e. The second kappa shape index (κ2) is 10.9. The van der Waals surface area contributed by atoms with E-state index in [1.165, 1.54) is 25.3 Å². The number of hydrogen-bond donors (Lipinski definition) is 4. The highest BCUT2D eigenvalue weighted by Gasteiger charge is 2.27. The molecule has 0 aromatic carbocycles. The van der Waals surface area contributed by atoms with Crippen molar-refractivity contribution in [2.75, 3.05) is 11.9 Å². The molecule has 1 aromatic heterocycles. The molecule has 1 atom stereocenters. The van der Waals surface area contributed by atoms with Gasteiger partial charge < -0.3 is 21.3 Å². The molecule has 0 amide bonds. The highest BCUT2D eigenvalue weighted by Crippen LogP contribution is 2.32. The lowest BCUT2D eigenvalue weighted by molar-refractivity contribution is 0.406. The molecule has 0 saturated heterocycles. The van der Waals surface area contributed by atoms with Gasteiger partial charge in [-0.15, -0.1) is 0 Å². The Balaban J connectivity index is 1.54. The summed E-state index contributed by atoms with van der Waals surface area (Å²) in [5, 5.41) is 23.4. The normalized spacial score (nSPS) is 19.4. The van der Waals surface area contributed by atoms with Gasteiger partial charge in [-0.1, -0.05) is 19.3 Å². The standard InChI is InChI=1S/C21H31BrN7O/c1-13(15-8-9-15)28-29-14(2)26-20-18(22)12-25-21(27-20)24-11-17(30)10-19(23)16-6-4-3-5-7-16/h10,12-13,15-16,28,30H,3-9,11H2,1-2H3,(H2,24,25,26,27,29)/q-1/b17-10-. The van der Waals surface area contributed by atoms with Gasteiger partial charge in [0.1, 0.15) is 11.6 Å². The van der Waals surface area contributed by atoms with Crippen molar-refractivity contribution in [1.29, 1.82) is 0 Å². The summed E-state index contributed by atoms with van der Waals surface area (Å²) >= 11 is 3.42. The van der Waals surface area contributed by atoms with Gasteiger partial charge in [0, 0.05) is 12.2 Å². The Morgan fingerprint density at radius 2 is 2.07 bits per heavy atom. The fraction of sp³-hybridized carbons (Fsp3) is 0.619. The van der Waals surface area contributed by atoms with Gasteiger partial charge in [0.05, 0.1) is 11.0 Å². The van der Waals surface area contributed by atoms with Crippen molar-refractivity contribution in [3.05, 3.63) is 27.9 Å². The minimum Gasteiger partial charge on any atom is -0.807 e. The third-order valence-electron chi connectivity index (χ3n) is 5.57. The van der Waals surface area contributed by atoms with E-state index in [0.29, 0.717) is 28.1 Å². The van der Waals surface area contributed by atoms with Crippen LogP contribution in [0.15, 0.2) is 27.5 Å². The van der Waals surface area contributed by atoms with Gasteiger partial charge >= 0.3 is 0 Å². The number of nitrogens with one attached hydrogen (secondary N) is 3. The van der Waals surface area contributed by atoms with E-state index in [9.17, 15) is 10.5 Å². The van der Waals surface area contributed by atoms with E-state index in [-0.39, 0.29) is 23.9 Å². The summed E-state index contributed by atoms with van der Waals surface area (Å²) < 4.78 is 0.674. The Morgan fingerprint density at radius 3 is 2.77 bits per heavy atom. The monoisotopic (exact) mass is 476 g/mol. The summed E-state index contributed by atoms with van der Waals surface area (Å²) in [5.41, 5.74) is 6.64. The lowest BCUT2D eigenvalue weighted by Crippen LogP contribution is -2.42. The Hall–Kier alpha value is -2.00. The second-order valence-corrected chi connectivity index (χ2v) is 9.06. The number of allylic oxidation sites excluding steroid dienone is 1. The van der Waals surface area contributed by atoms with E-state index in [4.69, 9.17) is 0 Å². The van der Waals surface area contributed by atoms with Crippen LogP contribution in [0.1, 0.15) is 58.8 Å². The molecule has 4 N–H and O–H groups in total. The molecule has 1 unspecified atom stereocenters. The molecule has 2 aliphatic rings. The quantitative estimate of drug-likeness (QED) is 0.178. The van der Waals surface area contributed by atoms with Crippen molar-refractivity contribution in [2.24, 2.45) is 16.8 Å². The number of amidine groups is 1. The zero-order valence-corrected chi connectivity index (χ0v) is 19.2. The van der Waals surface area contributed by atoms with Crippen LogP contribution in [0.2, 0.25) is 0 Å². The third-order valence-corrected chi connectivity index (χ3v) is 6.13. The van der Waals surface area contributed by atoms with Gasteiger partial charge in [-0.05, 0) is 73.4 Å². The van der Waals surface area contributed by atoms with E-state index in [0.717, 1.165) is 31.6 Å². The fourth-order valence-corrected chi connectivity index (χ4v) is 3.83. The number of hydrogen-bond acceptors (Lipinski definition) is 6. The number of hydrazine groups is 1. The van der Waals surface area contributed by atoms with Crippen molar-refractivity contribution < 1.29 is 5.11 Å². The van der Waals surface area contributed by atoms with Crippen LogP contribution in [0.5, 0.6) is 0 Å². The average Bonchev–Trinajstić information content (AvgIpc) is 3.58. The van der Waals surface area contributed by atoms with Crippen LogP contribution in [0, 0.1) is 11.8 Å².